The van der Waals surface area contributed by atoms with Crippen molar-refractivity contribution in [2.45, 2.75) is 6.54 Å². The molecule has 0 bridgehead atoms. The van der Waals surface area contributed by atoms with E-state index < -0.39 is 0 Å². The molecule has 0 spiro atoms. The van der Waals surface area contributed by atoms with Crippen LogP contribution in [0.2, 0.25) is 0 Å². The topological polar surface area (TPSA) is 85.1 Å². The zero-order chi connectivity index (χ0) is 13.8. The van der Waals surface area contributed by atoms with E-state index in [9.17, 15) is 4.79 Å². The molecular weight excluding hydrogens is 264 g/mol. The molecule has 0 fully saturated rings. The molecule has 2 rings (SSSR count). The first-order chi connectivity index (χ1) is 9.15. The van der Waals surface area contributed by atoms with Crippen LogP contribution in [0.15, 0.2) is 30.5 Å². The second kappa shape index (κ2) is 5.68. The first-order valence-electron chi connectivity index (χ1n) is 5.58. The number of aromatic nitrogens is 2. The summed E-state index contributed by atoms with van der Waals surface area (Å²) in [6.45, 7) is 0.481. The first-order valence-corrected chi connectivity index (χ1v) is 5.98. The normalized spacial score (nSPS) is 10.2. The van der Waals surface area contributed by atoms with Crippen molar-refractivity contribution < 1.29 is 9.53 Å². The van der Waals surface area contributed by atoms with Crippen LogP contribution in [0.5, 0.6) is 5.75 Å². The molecule has 0 aliphatic carbocycles. The molecule has 19 heavy (non-hydrogen) atoms. The number of carbonyl (C=O) groups excluding carboxylic acids is 1. The van der Waals surface area contributed by atoms with Gasteiger partial charge in [0.15, 0.2) is 4.77 Å². The number of imidazole rings is 1. The lowest BCUT2D eigenvalue weighted by Crippen LogP contribution is -2.31. The number of hydrazine groups is 1. The van der Waals surface area contributed by atoms with Gasteiger partial charge in [-0.2, -0.15) is 0 Å². The van der Waals surface area contributed by atoms with E-state index in [1.165, 1.54) is 6.20 Å². The average molecular weight is 278 g/mol. The molecule has 4 N–H and O–H groups in total. The fourth-order valence-electron chi connectivity index (χ4n) is 1.73. The average Bonchev–Trinajstić information content (AvgIpc) is 2.80. The number of aromatic amines is 1. The Bertz CT molecular complexity index is 630. The second-order valence-electron chi connectivity index (χ2n) is 3.89. The van der Waals surface area contributed by atoms with E-state index in [4.69, 9.17) is 22.8 Å². The number of rotatable bonds is 4. The number of nitrogen functional groups attached to an aromatic ring is 1. The molecule has 1 heterocycles. The lowest BCUT2D eigenvalue weighted by atomic mass is 10.2. The number of benzene rings is 1. The number of methoxy groups -OCH3 is 1. The van der Waals surface area contributed by atoms with E-state index in [2.05, 4.69) is 10.4 Å². The second-order valence-corrected chi connectivity index (χ2v) is 4.27. The Morgan fingerprint density at radius 2 is 2.16 bits per heavy atom. The van der Waals surface area contributed by atoms with Crippen LogP contribution in [0.3, 0.4) is 0 Å². The number of H-pyrrole nitrogens is 1. The maximum atomic E-state index is 11.6. The Balaban J connectivity index is 2.29. The molecule has 0 saturated carbocycles. The standard InChI is InChI=1S/C12H14N4O2S/c1-18-9-4-2-8(3-5-9)7-16-10(11(17)15-13)6-14-12(16)19/h2-6H,7,13H2,1H3,(H,14,19)(H,15,17). The highest BCUT2D eigenvalue weighted by atomic mass is 32.1. The Morgan fingerprint density at radius 1 is 1.47 bits per heavy atom. The molecule has 1 aromatic carbocycles. The van der Waals surface area contributed by atoms with Crippen LogP contribution in [0.4, 0.5) is 0 Å². The number of ether oxygens (including phenoxy) is 1. The third kappa shape index (κ3) is 2.83. The number of nitrogens with one attached hydrogen (secondary N) is 2. The van der Waals surface area contributed by atoms with E-state index in [0.29, 0.717) is 17.0 Å². The fraction of sp³-hybridized carbons (Fsp3) is 0.167. The summed E-state index contributed by atoms with van der Waals surface area (Å²) in [7, 11) is 1.61. The summed E-state index contributed by atoms with van der Waals surface area (Å²) < 4.78 is 7.24. The van der Waals surface area contributed by atoms with Crippen molar-refractivity contribution in [2.75, 3.05) is 7.11 Å². The molecular formula is C12H14N4O2S. The van der Waals surface area contributed by atoms with Crippen LogP contribution in [-0.4, -0.2) is 22.6 Å². The minimum Gasteiger partial charge on any atom is -0.497 e. The summed E-state index contributed by atoms with van der Waals surface area (Å²) in [6.07, 6.45) is 1.54. The van der Waals surface area contributed by atoms with Crippen molar-refractivity contribution in [2.24, 2.45) is 5.84 Å². The highest BCUT2D eigenvalue weighted by molar-refractivity contribution is 7.71. The summed E-state index contributed by atoms with van der Waals surface area (Å²) in [5.74, 6) is 5.53. The molecule has 6 nitrogen and oxygen atoms in total. The predicted molar refractivity (Wildman–Crippen MR) is 73.4 cm³/mol. The molecule has 0 aliphatic heterocycles. The Morgan fingerprint density at radius 3 is 2.74 bits per heavy atom. The van der Waals surface area contributed by atoms with Gasteiger partial charge in [0.25, 0.3) is 5.91 Å². The number of carbonyl (C=O) groups is 1. The molecule has 1 aromatic heterocycles. The Labute approximate surface area is 115 Å². The van der Waals surface area contributed by atoms with Gasteiger partial charge in [0, 0.05) is 6.20 Å². The molecule has 0 saturated heterocycles. The van der Waals surface area contributed by atoms with E-state index in [1.54, 1.807) is 11.7 Å². The maximum Gasteiger partial charge on any atom is 0.283 e. The van der Waals surface area contributed by atoms with Crippen LogP contribution >= 0.6 is 12.2 Å². The van der Waals surface area contributed by atoms with Crippen LogP contribution in [0, 0.1) is 4.77 Å². The van der Waals surface area contributed by atoms with Gasteiger partial charge in [-0.25, -0.2) is 5.84 Å². The minimum absolute atomic E-state index is 0.388. The number of amides is 1. The SMILES string of the molecule is COc1ccc(Cn2c(C(=O)NN)c[nH]c2=S)cc1. The third-order valence-electron chi connectivity index (χ3n) is 2.73. The van der Waals surface area contributed by atoms with Crippen LogP contribution < -0.4 is 16.0 Å². The maximum absolute atomic E-state index is 11.6. The van der Waals surface area contributed by atoms with Crippen LogP contribution in [-0.2, 0) is 6.54 Å². The van der Waals surface area contributed by atoms with Gasteiger partial charge >= 0.3 is 0 Å². The van der Waals surface area contributed by atoms with Crippen molar-refractivity contribution in [3.8, 4) is 5.75 Å². The summed E-state index contributed by atoms with van der Waals surface area (Å²) in [6, 6.07) is 7.54. The Hall–Kier alpha value is -2.12. The van der Waals surface area contributed by atoms with Crippen molar-refractivity contribution >= 4 is 18.1 Å². The number of hydrogen-bond donors (Lipinski definition) is 3. The van der Waals surface area contributed by atoms with Gasteiger partial charge in [-0.05, 0) is 29.9 Å². The molecule has 0 aliphatic rings. The zero-order valence-electron chi connectivity index (χ0n) is 10.3. The highest BCUT2D eigenvalue weighted by Gasteiger charge is 2.11. The van der Waals surface area contributed by atoms with Gasteiger partial charge in [0.05, 0.1) is 13.7 Å². The number of nitrogens with two attached hydrogens (primary N) is 1. The molecule has 0 unspecified atom stereocenters. The van der Waals surface area contributed by atoms with Gasteiger partial charge in [0.1, 0.15) is 11.4 Å². The molecule has 0 atom stereocenters. The van der Waals surface area contributed by atoms with Crippen molar-refractivity contribution in [3.05, 3.63) is 46.5 Å². The molecule has 0 radical (unpaired) electrons. The van der Waals surface area contributed by atoms with Crippen molar-refractivity contribution in [1.29, 1.82) is 0 Å². The molecule has 7 heteroatoms. The molecule has 100 valence electrons. The summed E-state index contributed by atoms with van der Waals surface area (Å²) in [5.41, 5.74) is 3.49. The van der Waals surface area contributed by atoms with Gasteiger partial charge in [-0.3, -0.25) is 10.2 Å². The van der Waals surface area contributed by atoms with E-state index >= 15 is 0 Å². The third-order valence-corrected chi connectivity index (χ3v) is 3.07. The van der Waals surface area contributed by atoms with E-state index in [0.717, 1.165) is 11.3 Å². The fourth-order valence-corrected chi connectivity index (χ4v) is 1.95. The van der Waals surface area contributed by atoms with Gasteiger partial charge in [-0.1, -0.05) is 12.1 Å². The van der Waals surface area contributed by atoms with Crippen LogP contribution in [0.25, 0.3) is 0 Å². The molecule has 2 aromatic rings. The monoisotopic (exact) mass is 278 g/mol. The summed E-state index contributed by atoms with van der Waals surface area (Å²) >= 11 is 5.15. The lowest BCUT2D eigenvalue weighted by molar-refractivity contribution is 0.0944. The van der Waals surface area contributed by atoms with E-state index in [-0.39, 0.29) is 5.91 Å². The lowest BCUT2D eigenvalue weighted by Gasteiger charge is -2.08. The summed E-state index contributed by atoms with van der Waals surface area (Å²) in [5, 5.41) is 0. The van der Waals surface area contributed by atoms with Crippen LogP contribution in [0.1, 0.15) is 16.1 Å². The van der Waals surface area contributed by atoms with Crippen molar-refractivity contribution in [1.82, 2.24) is 15.0 Å². The highest BCUT2D eigenvalue weighted by Crippen LogP contribution is 2.13. The van der Waals surface area contributed by atoms with Gasteiger partial charge < -0.3 is 14.3 Å². The molecule has 1 amide bonds. The van der Waals surface area contributed by atoms with E-state index in [1.807, 2.05) is 24.3 Å². The summed E-state index contributed by atoms with van der Waals surface area (Å²) in [4.78, 5) is 14.4. The number of hydrogen-bond acceptors (Lipinski definition) is 4. The quantitative estimate of drug-likeness (QED) is 0.339. The zero-order valence-corrected chi connectivity index (χ0v) is 11.2. The minimum atomic E-state index is -0.388. The first kappa shape index (κ1) is 13.3. The Kier molecular flexibility index (Phi) is 3.98. The largest absolute Gasteiger partial charge is 0.497 e. The van der Waals surface area contributed by atoms with Crippen molar-refractivity contribution in [3.63, 3.8) is 0 Å². The number of nitrogens with zero attached hydrogens (tertiary/aromatic N) is 1. The smallest absolute Gasteiger partial charge is 0.283 e. The van der Waals surface area contributed by atoms with Gasteiger partial charge in [-0.15, -0.1) is 0 Å². The van der Waals surface area contributed by atoms with Gasteiger partial charge in [0.2, 0.25) is 0 Å². The predicted octanol–water partition coefficient (Wildman–Crippen LogP) is 1.21.